The van der Waals surface area contributed by atoms with E-state index < -0.39 is 0 Å². The van der Waals surface area contributed by atoms with Gasteiger partial charge in [-0.25, -0.2) is 0 Å². The van der Waals surface area contributed by atoms with Gasteiger partial charge < -0.3 is 5.32 Å². The van der Waals surface area contributed by atoms with E-state index in [0.29, 0.717) is 18.4 Å². The van der Waals surface area contributed by atoms with Crippen LogP contribution in [0.15, 0.2) is 30.3 Å². The molecule has 0 spiro atoms. The van der Waals surface area contributed by atoms with Crippen LogP contribution in [0, 0.1) is 5.92 Å². The SMILES string of the molecule is CCCC(C)CC(=O)NC1CCCN(Cc2ccccc2)C1. The van der Waals surface area contributed by atoms with Gasteiger partial charge in [0.1, 0.15) is 0 Å². The van der Waals surface area contributed by atoms with Crippen LogP contribution in [0.1, 0.15) is 51.5 Å². The molecule has 1 saturated heterocycles. The number of amides is 1. The number of likely N-dealkylation sites (tertiary alicyclic amines) is 1. The second-order valence-corrected chi connectivity index (χ2v) is 6.73. The number of piperidine rings is 1. The average molecular weight is 302 g/mol. The lowest BCUT2D eigenvalue weighted by Crippen LogP contribution is -2.47. The van der Waals surface area contributed by atoms with Crippen molar-refractivity contribution in [1.82, 2.24) is 10.2 Å². The molecule has 1 N–H and O–H groups in total. The Bertz CT molecular complexity index is 446. The fourth-order valence-corrected chi connectivity index (χ4v) is 3.36. The quantitative estimate of drug-likeness (QED) is 0.835. The summed E-state index contributed by atoms with van der Waals surface area (Å²) in [6.07, 6.45) is 5.24. The molecule has 0 bridgehead atoms. The first-order valence-electron chi connectivity index (χ1n) is 8.73. The van der Waals surface area contributed by atoms with Crippen LogP contribution in [0.5, 0.6) is 0 Å². The Morgan fingerprint density at radius 2 is 2.14 bits per heavy atom. The number of nitrogens with one attached hydrogen (secondary N) is 1. The van der Waals surface area contributed by atoms with E-state index in [-0.39, 0.29) is 5.91 Å². The third kappa shape index (κ3) is 5.80. The zero-order chi connectivity index (χ0) is 15.8. The van der Waals surface area contributed by atoms with Gasteiger partial charge in [0.25, 0.3) is 0 Å². The van der Waals surface area contributed by atoms with Gasteiger partial charge in [0.05, 0.1) is 0 Å². The highest BCUT2D eigenvalue weighted by atomic mass is 16.1. The zero-order valence-electron chi connectivity index (χ0n) is 14.1. The normalized spacial score (nSPS) is 20.5. The summed E-state index contributed by atoms with van der Waals surface area (Å²) in [4.78, 5) is 14.6. The summed E-state index contributed by atoms with van der Waals surface area (Å²) in [6.45, 7) is 7.44. The molecule has 0 aromatic heterocycles. The van der Waals surface area contributed by atoms with Crippen molar-refractivity contribution in [2.75, 3.05) is 13.1 Å². The molecular weight excluding hydrogens is 272 g/mol. The fourth-order valence-electron chi connectivity index (χ4n) is 3.36. The zero-order valence-corrected chi connectivity index (χ0v) is 14.1. The molecule has 1 heterocycles. The molecule has 122 valence electrons. The van der Waals surface area contributed by atoms with Gasteiger partial charge in [0.2, 0.25) is 5.91 Å². The summed E-state index contributed by atoms with van der Waals surface area (Å²) < 4.78 is 0. The molecule has 3 heteroatoms. The maximum atomic E-state index is 12.1. The number of benzene rings is 1. The molecule has 3 nitrogen and oxygen atoms in total. The summed E-state index contributed by atoms with van der Waals surface area (Å²) in [5.74, 6) is 0.724. The minimum Gasteiger partial charge on any atom is -0.352 e. The van der Waals surface area contributed by atoms with Crippen molar-refractivity contribution in [1.29, 1.82) is 0 Å². The van der Waals surface area contributed by atoms with Crippen LogP contribution in [-0.4, -0.2) is 29.9 Å². The Kier molecular flexibility index (Phi) is 6.91. The summed E-state index contributed by atoms with van der Waals surface area (Å²) in [6, 6.07) is 10.9. The van der Waals surface area contributed by atoms with Crippen molar-refractivity contribution >= 4 is 5.91 Å². The van der Waals surface area contributed by atoms with Crippen LogP contribution in [0.3, 0.4) is 0 Å². The summed E-state index contributed by atoms with van der Waals surface area (Å²) >= 11 is 0. The van der Waals surface area contributed by atoms with Gasteiger partial charge in [-0.1, -0.05) is 57.0 Å². The van der Waals surface area contributed by atoms with Crippen LogP contribution < -0.4 is 5.32 Å². The molecular formula is C19H30N2O. The predicted molar refractivity (Wildman–Crippen MR) is 91.6 cm³/mol. The Morgan fingerprint density at radius 1 is 1.36 bits per heavy atom. The highest BCUT2D eigenvalue weighted by Gasteiger charge is 2.21. The molecule has 0 saturated carbocycles. The van der Waals surface area contributed by atoms with E-state index in [9.17, 15) is 4.79 Å². The second-order valence-electron chi connectivity index (χ2n) is 6.73. The van der Waals surface area contributed by atoms with Crippen molar-refractivity contribution in [3.8, 4) is 0 Å². The molecule has 1 aliphatic heterocycles. The Labute approximate surface area is 135 Å². The molecule has 1 fully saturated rings. The summed E-state index contributed by atoms with van der Waals surface area (Å²) in [5.41, 5.74) is 1.35. The maximum Gasteiger partial charge on any atom is 0.220 e. The van der Waals surface area contributed by atoms with Gasteiger partial charge in [0.15, 0.2) is 0 Å². The highest BCUT2D eigenvalue weighted by molar-refractivity contribution is 5.76. The predicted octanol–water partition coefficient (Wildman–Crippen LogP) is 3.59. The topological polar surface area (TPSA) is 32.3 Å². The number of hydrogen-bond donors (Lipinski definition) is 1. The molecule has 1 amide bonds. The molecule has 1 aromatic rings. The van der Waals surface area contributed by atoms with Gasteiger partial charge >= 0.3 is 0 Å². The molecule has 2 rings (SSSR count). The number of hydrogen-bond acceptors (Lipinski definition) is 2. The van der Waals surface area contributed by atoms with Gasteiger partial charge in [-0.2, -0.15) is 0 Å². The van der Waals surface area contributed by atoms with Gasteiger partial charge in [-0.3, -0.25) is 9.69 Å². The molecule has 1 aliphatic rings. The first-order valence-corrected chi connectivity index (χ1v) is 8.73. The Balaban J connectivity index is 1.77. The first kappa shape index (κ1) is 17.0. The summed E-state index contributed by atoms with van der Waals surface area (Å²) in [7, 11) is 0. The van der Waals surface area contributed by atoms with Crippen molar-refractivity contribution < 1.29 is 4.79 Å². The standard InChI is InChI=1S/C19H30N2O/c1-3-8-16(2)13-19(22)20-18-11-7-12-21(15-18)14-17-9-5-4-6-10-17/h4-6,9-10,16,18H,3,7-8,11-15H2,1-2H3,(H,20,22). The lowest BCUT2D eigenvalue weighted by atomic mass is 10.0. The number of carbonyl (C=O) groups is 1. The molecule has 2 unspecified atom stereocenters. The van der Waals surface area contributed by atoms with E-state index >= 15 is 0 Å². The van der Waals surface area contributed by atoms with Crippen LogP contribution >= 0.6 is 0 Å². The van der Waals surface area contributed by atoms with Gasteiger partial charge in [-0.05, 0) is 30.9 Å². The molecule has 2 atom stereocenters. The van der Waals surface area contributed by atoms with E-state index in [1.165, 1.54) is 12.0 Å². The van der Waals surface area contributed by atoms with Crippen LogP contribution in [0.2, 0.25) is 0 Å². The monoisotopic (exact) mass is 302 g/mol. The number of nitrogens with zero attached hydrogens (tertiary/aromatic N) is 1. The largest absolute Gasteiger partial charge is 0.352 e. The molecule has 22 heavy (non-hydrogen) atoms. The molecule has 0 radical (unpaired) electrons. The fraction of sp³-hybridized carbons (Fsp3) is 0.632. The maximum absolute atomic E-state index is 12.1. The second kappa shape index (κ2) is 8.94. The lowest BCUT2D eigenvalue weighted by Gasteiger charge is -2.33. The Hall–Kier alpha value is -1.35. The molecule has 0 aliphatic carbocycles. The van der Waals surface area contributed by atoms with E-state index in [4.69, 9.17) is 0 Å². The van der Waals surface area contributed by atoms with Gasteiger partial charge in [0, 0.05) is 25.6 Å². The minimum atomic E-state index is 0.229. The third-order valence-corrected chi connectivity index (χ3v) is 4.43. The first-order chi connectivity index (χ1) is 10.7. The highest BCUT2D eigenvalue weighted by Crippen LogP contribution is 2.15. The average Bonchev–Trinajstić information content (AvgIpc) is 2.48. The molecule has 1 aromatic carbocycles. The number of carbonyl (C=O) groups excluding carboxylic acids is 1. The summed E-state index contributed by atoms with van der Waals surface area (Å²) in [5, 5.41) is 3.24. The van der Waals surface area contributed by atoms with E-state index in [0.717, 1.165) is 38.9 Å². The number of rotatable bonds is 7. The minimum absolute atomic E-state index is 0.229. The lowest BCUT2D eigenvalue weighted by molar-refractivity contribution is -0.123. The van der Waals surface area contributed by atoms with E-state index in [1.807, 2.05) is 0 Å². The van der Waals surface area contributed by atoms with Crippen molar-refractivity contribution in [2.24, 2.45) is 5.92 Å². The smallest absolute Gasteiger partial charge is 0.220 e. The van der Waals surface area contributed by atoms with Gasteiger partial charge in [-0.15, -0.1) is 0 Å². The van der Waals surface area contributed by atoms with Crippen LogP contribution in [0.25, 0.3) is 0 Å². The van der Waals surface area contributed by atoms with Crippen LogP contribution in [-0.2, 0) is 11.3 Å². The third-order valence-electron chi connectivity index (χ3n) is 4.43. The van der Waals surface area contributed by atoms with E-state index in [1.54, 1.807) is 0 Å². The Morgan fingerprint density at radius 3 is 2.86 bits per heavy atom. The van der Waals surface area contributed by atoms with Crippen molar-refractivity contribution in [2.45, 2.75) is 58.5 Å². The van der Waals surface area contributed by atoms with Crippen LogP contribution in [0.4, 0.5) is 0 Å². The van der Waals surface area contributed by atoms with Crippen molar-refractivity contribution in [3.05, 3.63) is 35.9 Å². The van der Waals surface area contributed by atoms with E-state index in [2.05, 4.69) is 54.4 Å². The van der Waals surface area contributed by atoms with Crippen molar-refractivity contribution in [3.63, 3.8) is 0 Å².